The zero-order valence-electron chi connectivity index (χ0n) is 10.5. The van der Waals surface area contributed by atoms with E-state index in [9.17, 15) is 8.42 Å². The number of rotatable bonds is 7. The first-order chi connectivity index (χ1) is 9.05. The largest absolute Gasteiger partial charge is 0.497 e. The third-order valence-corrected chi connectivity index (χ3v) is 3.70. The van der Waals surface area contributed by atoms with Crippen molar-refractivity contribution in [1.29, 1.82) is 0 Å². The van der Waals surface area contributed by atoms with Crippen LogP contribution < -0.4 is 9.46 Å². The van der Waals surface area contributed by atoms with E-state index in [1.54, 1.807) is 0 Å². The fraction of sp³-hybridized carbons (Fsp3) is 0.400. The molecule has 0 fully saturated rings. The molecule has 0 unspecified atom stereocenters. The quantitative estimate of drug-likeness (QED) is 0.354. The molecule has 0 saturated carbocycles. The Bertz CT molecular complexity index is 581. The van der Waals surface area contributed by atoms with Crippen molar-refractivity contribution in [2.45, 2.75) is 4.90 Å². The van der Waals surface area contributed by atoms with Gasteiger partial charge >= 0.3 is 0 Å². The summed E-state index contributed by atoms with van der Waals surface area (Å²) in [4.78, 5) is 2.46. The molecular weight excluding hydrogens is 272 g/mol. The molecule has 1 aromatic carbocycles. The summed E-state index contributed by atoms with van der Waals surface area (Å²) in [5.74, 6) is 0.351. The highest BCUT2D eigenvalue weighted by molar-refractivity contribution is 7.89. The fourth-order valence-corrected chi connectivity index (χ4v) is 2.49. The average molecular weight is 286 g/mol. The van der Waals surface area contributed by atoms with Gasteiger partial charge in [0, 0.05) is 24.6 Å². The number of sulfonamides is 1. The first-order valence-corrected chi connectivity index (χ1v) is 6.75. The van der Waals surface area contributed by atoms with Crippen LogP contribution in [0.5, 0.6) is 5.75 Å². The van der Waals surface area contributed by atoms with Crippen molar-refractivity contribution in [3.05, 3.63) is 28.6 Å². The topological polar surface area (TPSA) is 113 Å². The highest BCUT2D eigenvalue weighted by atomic mass is 32.2. The summed E-state index contributed by atoms with van der Waals surface area (Å²) in [5.41, 5.74) is 8.45. The predicted octanol–water partition coefficient (Wildman–Crippen LogP) is 1.56. The predicted molar refractivity (Wildman–Crippen MR) is 68.9 cm³/mol. The molecule has 104 valence electrons. The minimum Gasteiger partial charge on any atom is -0.497 e. The summed E-state index contributed by atoms with van der Waals surface area (Å²) in [6.07, 6.45) is 0. The lowest BCUT2D eigenvalue weighted by molar-refractivity contribution is 0.204. The van der Waals surface area contributed by atoms with Crippen LogP contribution in [-0.2, 0) is 14.8 Å². The van der Waals surface area contributed by atoms with E-state index < -0.39 is 10.0 Å². The molecule has 0 aliphatic carbocycles. The smallest absolute Gasteiger partial charge is 0.241 e. The molecule has 1 N–H and O–H groups in total. The van der Waals surface area contributed by atoms with Crippen LogP contribution in [0.2, 0.25) is 0 Å². The second-order valence-corrected chi connectivity index (χ2v) is 5.15. The van der Waals surface area contributed by atoms with Crippen LogP contribution in [-0.4, -0.2) is 35.8 Å². The van der Waals surface area contributed by atoms with Gasteiger partial charge in [0.15, 0.2) is 0 Å². The number of ether oxygens (including phenoxy) is 2. The number of hydrogen-bond acceptors (Lipinski definition) is 5. The SMILES string of the molecule is COCCNS(=O)(=O)c1cc(OC)ccc1N=[N+]=[N-]. The van der Waals surface area contributed by atoms with Crippen molar-refractivity contribution in [2.75, 3.05) is 27.4 Å². The van der Waals surface area contributed by atoms with E-state index in [1.807, 2.05) is 0 Å². The molecule has 19 heavy (non-hydrogen) atoms. The lowest BCUT2D eigenvalue weighted by Gasteiger charge is -2.10. The van der Waals surface area contributed by atoms with Crippen LogP contribution >= 0.6 is 0 Å². The molecule has 0 atom stereocenters. The maximum atomic E-state index is 12.1. The van der Waals surface area contributed by atoms with Crippen LogP contribution in [0.1, 0.15) is 0 Å². The zero-order valence-corrected chi connectivity index (χ0v) is 11.3. The van der Waals surface area contributed by atoms with Gasteiger partial charge in [-0.05, 0) is 17.7 Å². The Labute approximate surface area is 111 Å². The van der Waals surface area contributed by atoms with Crippen LogP contribution in [0.3, 0.4) is 0 Å². The number of azide groups is 1. The van der Waals surface area contributed by atoms with Gasteiger partial charge in [-0.2, -0.15) is 0 Å². The number of benzene rings is 1. The highest BCUT2D eigenvalue weighted by Crippen LogP contribution is 2.28. The van der Waals surface area contributed by atoms with Crippen molar-refractivity contribution in [2.24, 2.45) is 5.11 Å². The van der Waals surface area contributed by atoms with E-state index in [2.05, 4.69) is 14.7 Å². The second-order valence-electron chi connectivity index (χ2n) is 3.41. The number of nitrogens with zero attached hydrogens (tertiary/aromatic N) is 3. The monoisotopic (exact) mass is 286 g/mol. The van der Waals surface area contributed by atoms with E-state index in [-0.39, 0.29) is 23.7 Å². The van der Waals surface area contributed by atoms with E-state index >= 15 is 0 Å². The molecule has 0 bridgehead atoms. The van der Waals surface area contributed by atoms with Crippen LogP contribution in [0.25, 0.3) is 10.4 Å². The Hall–Kier alpha value is -1.80. The van der Waals surface area contributed by atoms with Crippen LogP contribution in [0.15, 0.2) is 28.2 Å². The summed E-state index contributed by atoms with van der Waals surface area (Å²) in [7, 11) is -0.915. The number of methoxy groups -OCH3 is 2. The van der Waals surface area contributed by atoms with Crippen molar-refractivity contribution < 1.29 is 17.9 Å². The van der Waals surface area contributed by atoms with Crippen molar-refractivity contribution in [3.8, 4) is 5.75 Å². The molecule has 1 rings (SSSR count). The third-order valence-electron chi connectivity index (χ3n) is 2.21. The van der Waals surface area contributed by atoms with E-state index in [1.165, 1.54) is 32.4 Å². The van der Waals surface area contributed by atoms with Gasteiger partial charge in [-0.25, -0.2) is 13.1 Å². The maximum Gasteiger partial charge on any atom is 0.241 e. The van der Waals surface area contributed by atoms with Gasteiger partial charge in [-0.3, -0.25) is 0 Å². The molecule has 0 aromatic heterocycles. The summed E-state index contributed by atoms with van der Waals surface area (Å²) in [6.45, 7) is 0.353. The van der Waals surface area contributed by atoms with Gasteiger partial charge in [0.1, 0.15) is 5.75 Å². The summed E-state index contributed by atoms with van der Waals surface area (Å²) < 4.78 is 36.2. The highest BCUT2D eigenvalue weighted by Gasteiger charge is 2.18. The molecule has 0 aliphatic heterocycles. The van der Waals surface area contributed by atoms with Crippen LogP contribution in [0.4, 0.5) is 5.69 Å². The van der Waals surface area contributed by atoms with Gasteiger partial charge < -0.3 is 9.47 Å². The summed E-state index contributed by atoms with van der Waals surface area (Å²) >= 11 is 0. The minimum atomic E-state index is -3.79. The standard InChI is InChI=1S/C10H14N4O4S/c1-17-6-5-12-19(15,16)10-7-8(18-2)3-4-9(10)13-14-11/h3-4,7,12H,5-6H2,1-2H3. The number of nitrogens with one attached hydrogen (secondary N) is 1. The van der Waals surface area contributed by atoms with Gasteiger partial charge in [0.25, 0.3) is 0 Å². The third kappa shape index (κ3) is 4.11. The Kier molecular flexibility index (Phi) is 5.58. The molecule has 0 amide bonds. The molecule has 1 aromatic rings. The molecule has 0 aliphatic rings. The maximum absolute atomic E-state index is 12.1. The lowest BCUT2D eigenvalue weighted by atomic mass is 10.3. The Balaban J connectivity index is 3.17. The first kappa shape index (κ1) is 15.3. The van der Waals surface area contributed by atoms with Gasteiger partial charge in [-0.15, -0.1) is 0 Å². The van der Waals surface area contributed by atoms with E-state index in [0.717, 1.165) is 0 Å². The molecular formula is C10H14N4O4S. The summed E-state index contributed by atoms with van der Waals surface area (Å²) in [6, 6.07) is 4.18. The van der Waals surface area contributed by atoms with E-state index in [0.29, 0.717) is 5.75 Å². The number of hydrogen-bond donors (Lipinski definition) is 1. The molecule has 0 spiro atoms. The fourth-order valence-electron chi connectivity index (χ4n) is 1.32. The Morgan fingerprint density at radius 2 is 2.16 bits per heavy atom. The lowest BCUT2D eigenvalue weighted by Crippen LogP contribution is -2.27. The van der Waals surface area contributed by atoms with Crippen molar-refractivity contribution in [3.63, 3.8) is 0 Å². The van der Waals surface area contributed by atoms with Gasteiger partial charge in [0.2, 0.25) is 10.0 Å². The molecule has 0 heterocycles. The average Bonchev–Trinajstić information content (AvgIpc) is 2.39. The molecule has 9 heteroatoms. The molecule has 8 nitrogen and oxygen atoms in total. The van der Waals surface area contributed by atoms with Crippen molar-refractivity contribution >= 4 is 15.7 Å². The normalized spacial score (nSPS) is 10.8. The van der Waals surface area contributed by atoms with E-state index in [4.69, 9.17) is 15.0 Å². The van der Waals surface area contributed by atoms with Gasteiger partial charge in [0.05, 0.1) is 24.3 Å². The van der Waals surface area contributed by atoms with Crippen molar-refractivity contribution in [1.82, 2.24) is 4.72 Å². The molecule has 0 radical (unpaired) electrons. The first-order valence-electron chi connectivity index (χ1n) is 5.27. The zero-order chi connectivity index (χ0) is 14.3. The second kappa shape index (κ2) is 6.95. The summed E-state index contributed by atoms with van der Waals surface area (Å²) in [5, 5.41) is 3.35. The molecule has 0 saturated heterocycles. The Morgan fingerprint density at radius 3 is 2.74 bits per heavy atom. The minimum absolute atomic E-state index is 0.00761. The van der Waals surface area contributed by atoms with Gasteiger partial charge in [-0.1, -0.05) is 5.11 Å². The van der Waals surface area contributed by atoms with Crippen LogP contribution in [0, 0.1) is 0 Å². The Morgan fingerprint density at radius 1 is 1.42 bits per heavy atom.